The minimum Gasteiger partial charge on any atom is -0.380 e. The Balaban J connectivity index is 2.86. The standard InChI is InChI=1S/C14H17NO2/c1-8-5-6-11-13(9(8)2)15-10(3)12(7-17-4)14(11)16/h5-6H,7H2,1-4H3,(H,15,16). The molecule has 0 radical (unpaired) electrons. The predicted molar refractivity (Wildman–Crippen MR) is 69.5 cm³/mol. The molecule has 1 heterocycles. The highest BCUT2D eigenvalue weighted by atomic mass is 16.5. The first-order valence-corrected chi connectivity index (χ1v) is 5.67. The number of benzene rings is 1. The highest BCUT2D eigenvalue weighted by Gasteiger charge is 2.10. The van der Waals surface area contributed by atoms with Crippen LogP contribution in [0.25, 0.3) is 10.9 Å². The number of H-pyrrole nitrogens is 1. The van der Waals surface area contributed by atoms with E-state index >= 15 is 0 Å². The molecule has 3 nitrogen and oxygen atoms in total. The normalized spacial score (nSPS) is 11.1. The van der Waals surface area contributed by atoms with E-state index < -0.39 is 0 Å². The average Bonchev–Trinajstić information content (AvgIpc) is 2.30. The Morgan fingerprint density at radius 1 is 1.24 bits per heavy atom. The van der Waals surface area contributed by atoms with Crippen LogP contribution < -0.4 is 5.43 Å². The lowest BCUT2D eigenvalue weighted by molar-refractivity contribution is 0.183. The zero-order chi connectivity index (χ0) is 12.6. The minimum atomic E-state index is 0.0706. The number of rotatable bonds is 2. The van der Waals surface area contributed by atoms with Gasteiger partial charge in [0.05, 0.1) is 12.1 Å². The van der Waals surface area contributed by atoms with Gasteiger partial charge in [0.1, 0.15) is 0 Å². The second-order valence-electron chi connectivity index (χ2n) is 4.42. The van der Waals surface area contributed by atoms with Crippen LogP contribution in [0.2, 0.25) is 0 Å². The molecule has 90 valence electrons. The maximum atomic E-state index is 12.3. The van der Waals surface area contributed by atoms with E-state index in [9.17, 15) is 4.79 Å². The molecule has 0 saturated carbocycles. The third kappa shape index (κ3) is 1.87. The number of pyridine rings is 1. The number of aryl methyl sites for hydroxylation is 3. The van der Waals surface area contributed by atoms with Gasteiger partial charge in [-0.1, -0.05) is 6.07 Å². The van der Waals surface area contributed by atoms with Gasteiger partial charge in [-0.15, -0.1) is 0 Å². The van der Waals surface area contributed by atoms with E-state index in [1.807, 2.05) is 32.9 Å². The first-order valence-electron chi connectivity index (χ1n) is 5.67. The summed E-state index contributed by atoms with van der Waals surface area (Å²) in [7, 11) is 1.60. The Labute approximate surface area is 100 Å². The number of aromatic amines is 1. The van der Waals surface area contributed by atoms with Crippen molar-refractivity contribution >= 4 is 10.9 Å². The Morgan fingerprint density at radius 3 is 2.59 bits per heavy atom. The summed E-state index contributed by atoms with van der Waals surface area (Å²) in [6.07, 6.45) is 0. The van der Waals surface area contributed by atoms with Gasteiger partial charge in [-0.25, -0.2) is 0 Å². The number of methoxy groups -OCH3 is 1. The van der Waals surface area contributed by atoms with Crippen LogP contribution in [-0.4, -0.2) is 12.1 Å². The lowest BCUT2D eigenvalue weighted by Crippen LogP contribution is -2.14. The van der Waals surface area contributed by atoms with Crippen LogP contribution in [0.3, 0.4) is 0 Å². The Kier molecular flexibility index (Phi) is 3.03. The highest BCUT2D eigenvalue weighted by molar-refractivity contribution is 5.83. The van der Waals surface area contributed by atoms with Gasteiger partial charge in [0.15, 0.2) is 5.43 Å². The predicted octanol–water partition coefficient (Wildman–Crippen LogP) is 2.60. The average molecular weight is 231 g/mol. The van der Waals surface area contributed by atoms with E-state index in [1.54, 1.807) is 7.11 Å². The van der Waals surface area contributed by atoms with Crippen molar-refractivity contribution in [2.45, 2.75) is 27.4 Å². The lowest BCUT2D eigenvalue weighted by atomic mass is 10.0. The fourth-order valence-corrected chi connectivity index (χ4v) is 2.08. The Bertz CT molecular complexity index is 626. The largest absolute Gasteiger partial charge is 0.380 e. The van der Waals surface area contributed by atoms with Crippen molar-refractivity contribution in [3.63, 3.8) is 0 Å². The van der Waals surface area contributed by atoms with Crippen molar-refractivity contribution in [1.29, 1.82) is 0 Å². The zero-order valence-corrected chi connectivity index (χ0v) is 10.7. The molecular weight excluding hydrogens is 214 g/mol. The molecule has 0 aliphatic rings. The summed E-state index contributed by atoms with van der Waals surface area (Å²) in [5, 5.41) is 0.741. The van der Waals surface area contributed by atoms with Crippen LogP contribution in [0.15, 0.2) is 16.9 Å². The second-order valence-corrected chi connectivity index (χ2v) is 4.42. The Morgan fingerprint density at radius 2 is 1.94 bits per heavy atom. The van der Waals surface area contributed by atoms with Crippen LogP contribution in [0.5, 0.6) is 0 Å². The van der Waals surface area contributed by atoms with E-state index in [0.29, 0.717) is 12.2 Å². The topological polar surface area (TPSA) is 42.1 Å². The molecule has 2 rings (SSSR count). The Hall–Kier alpha value is -1.61. The van der Waals surface area contributed by atoms with Gasteiger partial charge >= 0.3 is 0 Å². The molecule has 0 bridgehead atoms. The van der Waals surface area contributed by atoms with Gasteiger partial charge in [-0.3, -0.25) is 4.79 Å². The SMILES string of the molecule is COCc1c(C)[nH]c2c(C)c(C)ccc2c1=O. The molecule has 2 aromatic rings. The molecule has 1 N–H and O–H groups in total. The summed E-state index contributed by atoms with van der Waals surface area (Å²) in [5.74, 6) is 0. The molecule has 17 heavy (non-hydrogen) atoms. The molecule has 0 amide bonds. The summed E-state index contributed by atoms with van der Waals surface area (Å²) in [6.45, 7) is 6.34. The summed E-state index contributed by atoms with van der Waals surface area (Å²) < 4.78 is 5.07. The molecule has 0 spiro atoms. The molecule has 0 atom stereocenters. The van der Waals surface area contributed by atoms with Gasteiger partial charge in [0.2, 0.25) is 0 Å². The van der Waals surface area contributed by atoms with Crippen molar-refractivity contribution in [2.75, 3.05) is 7.11 Å². The van der Waals surface area contributed by atoms with E-state index in [4.69, 9.17) is 4.74 Å². The number of aromatic nitrogens is 1. The van der Waals surface area contributed by atoms with Crippen molar-refractivity contribution < 1.29 is 4.74 Å². The van der Waals surface area contributed by atoms with Crippen LogP contribution in [0.4, 0.5) is 0 Å². The summed E-state index contributed by atoms with van der Waals surface area (Å²) in [4.78, 5) is 15.6. The fraction of sp³-hybridized carbons (Fsp3) is 0.357. The second kappa shape index (κ2) is 4.34. The smallest absolute Gasteiger partial charge is 0.195 e. The fourth-order valence-electron chi connectivity index (χ4n) is 2.08. The number of hydrogen-bond donors (Lipinski definition) is 1. The molecule has 0 unspecified atom stereocenters. The molecular formula is C14H17NO2. The van der Waals surface area contributed by atoms with Crippen LogP contribution in [0, 0.1) is 20.8 Å². The summed E-state index contributed by atoms with van der Waals surface area (Å²) >= 11 is 0. The summed E-state index contributed by atoms with van der Waals surface area (Å²) in [6, 6.07) is 3.87. The van der Waals surface area contributed by atoms with E-state index in [0.717, 1.165) is 22.2 Å². The van der Waals surface area contributed by atoms with E-state index in [2.05, 4.69) is 4.98 Å². The molecule has 0 saturated heterocycles. The van der Waals surface area contributed by atoms with Gasteiger partial charge in [0, 0.05) is 23.8 Å². The molecule has 1 aromatic carbocycles. The van der Waals surface area contributed by atoms with Gasteiger partial charge in [-0.2, -0.15) is 0 Å². The lowest BCUT2D eigenvalue weighted by Gasteiger charge is -2.10. The van der Waals surface area contributed by atoms with E-state index in [-0.39, 0.29) is 5.43 Å². The van der Waals surface area contributed by atoms with Crippen molar-refractivity contribution in [2.24, 2.45) is 0 Å². The van der Waals surface area contributed by atoms with Gasteiger partial charge in [0.25, 0.3) is 0 Å². The molecule has 0 aliphatic carbocycles. The maximum Gasteiger partial charge on any atom is 0.195 e. The van der Waals surface area contributed by atoms with Gasteiger partial charge < -0.3 is 9.72 Å². The van der Waals surface area contributed by atoms with Crippen molar-refractivity contribution in [3.8, 4) is 0 Å². The number of nitrogens with one attached hydrogen (secondary N) is 1. The molecule has 0 fully saturated rings. The van der Waals surface area contributed by atoms with Gasteiger partial charge in [-0.05, 0) is 38.0 Å². The number of hydrogen-bond acceptors (Lipinski definition) is 2. The number of ether oxygens (including phenoxy) is 1. The van der Waals surface area contributed by atoms with Crippen molar-refractivity contribution in [1.82, 2.24) is 4.98 Å². The van der Waals surface area contributed by atoms with Crippen molar-refractivity contribution in [3.05, 3.63) is 44.7 Å². The highest BCUT2D eigenvalue weighted by Crippen LogP contribution is 2.18. The first kappa shape index (κ1) is 11.9. The maximum absolute atomic E-state index is 12.3. The van der Waals surface area contributed by atoms with Crippen LogP contribution in [0.1, 0.15) is 22.4 Å². The van der Waals surface area contributed by atoms with Crippen LogP contribution in [-0.2, 0) is 11.3 Å². The quantitative estimate of drug-likeness (QED) is 0.863. The minimum absolute atomic E-state index is 0.0706. The number of fused-ring (bicyclic) bond motifs is 1. The summed E-state index contributed by atoms with van der Waals surface area (Å²) in [5.41, 5.74) is 4.92. The first-order chi connectivity index (χ1) is 8.06. The van der Waals surface area contributed by atoms with E-state index in [1.165, 1.54) is 5.56 Å². The third-order valence-corrected chi connectivity index (χ3v) is 3.31. The third-order valence-electron chi connectivity index (χ3n) is 3.31. The van der Waals surface area contributed by atoms with Crippen LogP contribution >= 0.6 is 0 Å². The molecule has 3 heteroatoms. The molecule has 0 aliphatic heterocycles. The zero-order valence-electron chi connectivity index (χ0n) is 10.7. The molecule has 1 aromatic heterocycles. The monoisotopic (exact) mass is 231 g/mol.